The Morgan fingerprint density at radius 1 is 1.61 bits per heavy atom. The van der Waals surface area contributed by atoms with Gasteiger partial charge in [0, 0.05) is 22.1 Å². The molecule has 0 aromatic carbocycles. The summed E-state index contributed by atoms with van der Waals surface area (Å²) in [5.41, 5.74) is 6.91. The molecule has 1 amide bonds. The summed E-state index contributed by atoms with van der Waals surface area (Å²) in [6, 6.07) is 3.67. The highest BCUT2D eigenvalue weighted by Gasteiger charge is 2.12. The van der Waals surface area contributed by atoms with Crippen LogP contribution in [0.2, 0.25) is 0 Å². The summed E-state index contributed by atoms with van der Waals surface area (Å²) in [5.74, 6) is -0.103. The molecular formula is C12H14BrN3OS. The van der Waals surface area contributed by atoms with E-state index in [1.807, 2.05) is 22.9 Å². The predicted octanol–water partition coefficient (Wildman–Crippen LogP) is 2.84. The number of carbonyl (C=O) groups excluding carboxylic acids is 1. The van der Waals surface area contributed by atoms with E-state index in [1.54, 1.807) is 23.6 Å². The molecule has 0 aliphatic rings. The first kappa shape index (κ1) is 13.2. The Kier molecular flexibility index (Phi) is 4.08. The number of carbonyl (C=O) groups is 1. The number of aryl methyl sites for hydroxylation is 1. The second kappa shape index (κ2) is 5.58. The number of halogens is 1. The van der Waals surface area contributed by atoms with Gasteiger partial charge in [0.25, 0.3) is 5.91 Å². The Morgan fingerprint density at radius 3 is 3.00 bits per heavy atom. The lowest BCUT2D eigenvalue weighted by atomic mass is 10.3. The summed E-state index contributed by atoms with van der Waals surface area (Å²) in [5, 5.41) is 4.88. The van der Waals surface area contributed by atoms with Crippen molar-refractivity contribution in [1.82, 2.24) is 9.88 Å². The summed E-state index contributed by atoms with van der Waals surface area (Å²) >= 11 is 5.05. The Hall–Kier alpha value is -1.27. The largest absolute Gasteiger partial charge is 0.397 e. The Balaban J connectivity index is 2.06. The third-order valence-corrected chi connectivity index (χ3v) is 4.52. The SMILES string of the molecule is CCn1cc(N)cc1C(=O)NCc1sccc1Br. The van der Waals surface area contributed by atoms with Crippen molar-refractivity contribution in [3.8, 4) is 0 Å². The summed E-state index contributed by atoms with van der Waals surface area (Å²) in [6.07, 6.45) is 1.77. The number of amides is 1. The van der Waals surface area contributed by atoms with Gasteiger partial charge in [-0.1, -0.05) is 0 Å². The number of thiophene rings is 1. The van der Waals surface area contributed by atoms with E-state index < -0.39 is 0 Å². The molecule has 3 N–H and O–H groups in total. The molecule has 18 heavy (non-hydrogen) atoms. The maximum Gasteiger partial charge on any atom is 0.268 e. The first-order chi connectivity index (χ1) is 8.61. The summed E-state index contributed by atoms with van der Waals surface area (Å²) in [6.45, 7) is 3.22. The van der Waals surface area contributed by atoms with E-state index in [9.17, 15) is 4.79 Å². The molecular weight excluding hydrogens is 314 g/mol. The van der Waals surface area contributed by atoms with Gasteiger partial charge in [-0.2, -0.15) is 0 Å². The average molecular weight is 328 g/mol. The number of hydrogen-bond donors (Lipinski definition) is 2. The molecule has 2 rings (SSSR count). The molecule has 96 valence electrons. The quantitative estimate of drug-likeness (QED) is 0.907. The topological polar surface area (TPSA) is 60.0 Å². The molecule has 2 aromatic heterocycles. The zero-order valence-electron chi connectivity index (χ0n) is 9.94. The minimum Gasteiger partial charge on any atom is -0.397 e. The number of rotatable bonds is 4. The lowest BCUT2D eigenvalue weighted by Gasteiger charge is -2.07. The molecule has 2 heterocycles. The van der Waals surface area contributed by atoms with Gasteiger partial charge >= 0.3 is 0 Å². The van der Waals surface area contributed by atoms with E-state index in [0.717, 1.165) is 15.9 Å². The molecule has 0 spiro atoms. The van der Waals surface area contributed by atoms with Gasteiger partial charge in [-0.05, 0) is 40.4 Å². The van der Waals surface area contributed by atoms with E-state index in [0.29, 0.717) is 17.9 Å². The predicted molar refractivity (Wildman–Crippen MR) is 77.7 cm³/mol. The minimum atomic E-state index is -0.103. The standard InChI is InChI=1S/C12H14BrN3OS/c1-2-16-7-8(14)5-10(16)12(17)15-6-11-9(13)3-4-18-11/h3-5,7H,2,6,14H2,1H3,(H,15,17). The maximum absolute atomic E-state index is 12.0. The van der Waals surface area contributed by atoms with Crippen LogP contribution in [0.15, 0.2) is 28.2 Å². The molecule has 0 fully saturated rings. The smallest absolute Gasteiger partial charge is 0.268 e. The number of hydrogen-bond acceptors (Lipinski definition) is 3. The number of nitrogens with two attached hydrogens (primary N) is 1. The van der Waals surface area contributed by atoms with Gasteiger partial charge in [0.1, 0.15) is 5.69 Å². The Bertz CT molecular complexity index is 561. The first-order valence-corrected chi connectivity index (χ1v) is 7.24. The lowest BCUT2D eigenvalue weighted by Crippen LogP contribution is -2.24. The van der Waals surface area contributed by atoms with Crippen LogP contribution in [0.4, 0.5) is 5.69 Å². The number of nitrogens with zero attached hydrogens (tertiary/aromatic N) is 1. The molecule has 0 saturated carbocycles. The van der Waals surface area contributed by atoms with Crippen LogP contribution >= 0.6 is 27.3 Å². The van der Waals surface area contributed by atoms with Crippen molar-refractivity contribution in [2.75, 3.05) is 5.73 Å². The van der Waals surface area contributed by atoms with Crippen molar-refractivity contribution < 1.29 is 4.79 Å². The minimum absolute atomic E-state index is 0.103. The molecule has 0 unspecified atom stereocenters. The van der Waals surface area contributed by atoms with Gasteiger partial charge in [0.2, 0.25) is 0 Å². The second-order valence-electron chi connectivity index (χ2n) is 3.82. The van der Waals surface area contributed by atoms with Crippen LogP contribution in [0.1, 0.15) is 22.3 Å². The highest BCUT2D eigenvalue weighted by Crippen LogP contribution is 2.22. The molecule has 2 aromatic rings. The van der Waals surface area contributed by atoms with Crippen molar-refractivity contribution in [3.05, 3.63) is 38.8 Å². The Morgan fingerprint density at radius 2 is 2.39 bits per heavy atom. The van der Waals surface area contributed by atoms with Crippen molar-refractivity contribution >= 4 is 38.9 Å². The zero-order valence-corrected chi connectivity index (χ0v) is 12.3. The fourth-order valence-corrected chi connectivity index (χ4v) is 3.12. The molecule has 0 atom stereocenters. The molecule has 0 aliphatic carbocycles. The first-order valence-electron chi connectivity index (χ1n) is 5.57. The van der Waals surface area contributed by atoms with Crippen LogP contribution in [0, 0.1) is 0 Å². The summed E-state index contributed by atoms with van der Waals surface area (Å²) in [7, 11) is 0. The summed E-state index contributed by atoms with van der Waals surface area (Å²) in [4.78, 5) is 13.1. The van der Waals surface area contributed by atoms with E-state index in [4.69, 9.17) is 5.73 Å². The molecule has 0 aliphatic heterocycles. The maximum atomic E-state index is 12.0. The third-order valence-electron chi connectivity index (χ3n) is 2.59. The molecule has 0 radical (unpaired) electrons. The van der Waals surface area contributed by atoms with Crippen LogP contribution in [0.5, 0.6) is 0 Å². The van der Waals surface area contributed by atoms with Crippen LogP contribution in [-0.2, 0) is 13.1 Å². The van der Waals surface area contributed by atoms with Crippen LogP contribution in [-0.4, -0.2) is 10.5 Å². The zero-order chi connectivity index (χ0) is 13.1. The van der Waals surface area contributed by atoms with Crippen LogP contribution in [0.3, 0.4) is 0 Å². The fourth-order valence-electron chi connectivity index (χ4n) is 1.69. The van der Waals surface area contributed by atoms with Crippen molar-refractivity contribution in [1.29, 1.82) is 0 Å². The number of anilines is 1. The van der Waals surface area contributed by atoms with Crippen molar-refractivity contribution in [2.24, 2.45) is 0 Å². The number of aromatic nitrogens is 1. The van der Waals surface area contributed by atoms with E-state index >= 15 is 0 Å². The van der Waals surface area contributed by atoms with E-state index in [-0.39, 0.29) is 5.91 Å². The monoisotopic (exact) mass is 327 g/mol. The lowest BCUT2D eigenvalue weighted by molar-refractivity contribution is 0.0942. The summed E-state index contributed by atoms with van der Waals surface area (Å²) < 4.78 is 2.87. The van der Waals surface area contributed by atoms with Crippen molar-refractivity contribution in [2.45, 2.75) is 20.0 Å². The van der Waals surface area contributed by atoms with Gasteiger partial charge in [0.05, 0.1) is 12.2 Å². The molecule has 4 nitrogen and oxygen atoms in total. The number of nitrogens with one attached hydrogen (secondary N) is 1. The third kappa shape index (κ3) is 2.76. The van der Waals surface area contributed by atoms with Crippen LogP contribution < -0.4 is 11.1 Å². The van der Waals surface area contributed by atoms with E-state index in [1.165, 1.54) is 0 Å². The van der Waals surface area contributed by atoms with Crippen molar-refractivity contribution in [3.63, 3.8) is 0 Å². The fraction of sp³-hybridized carbons (Fsp3) is 0.250. The second-order valence-corrected chi connectivity index (χ2v) is 5.67. The van der Waals surface area contributed by atoms with Gasteiger partial charge < -0.3 is 15.6 Å². The molecule has 0 saturated heterocycles. The Labute approximate surface area is 118 Å². The van der Waals surface area contributed by atoms with Gasteiger partial charge in [0.15, 0.2) is 0 Å². The van der Waals surface area contributed by atoms with Gasteiger partial charge in [-0.25, -0.2) is 0 Å². The highest BCUT2D eigenvalue weighted by atomic mass is 79.9. The average Bonchev–Trinajstić information content (AvgIpc) is 2.92. The van der Waals surface area contributed by atoms with Gasteiger partial charge in [-0.15, -0.1) is 11.3 Å². The normalized spacial score (nSPS) is 10.6. The van der Waals surface area contributed by atoms with Gasteiger partial charge in [-0.3, -0.25) is 4.79 Å². The number of nitrogen functional groups attached to an aromatic ring is 1. The molecule has 0 bridgehead atoms. The van der Waals surface area contributed by atoms with E-state index in [2.05, 4.69) is 21.2 Å². The highest BCUT2D eigenvalue weighted by molar-refractivity contribution is 9.10. The molecule has 6 heteroatoms. The van der Waals surface area contributed by atoms with Crippen LogP contribution in [0.25, 0.3) is 0 Å².